The van der Waals surface area contributed by atoms with E-state index in [1.807, 2.05) is 0 Å². The number of rotatable bonds is 16. The van der Waals surface area contributed by atoms with Gasteiger partial charge in [-0.05, 0) is 57.2 Å². The van der Waals surface area contributed by atoms with E-state index in [1.54, 1.807) is 0 Å². The van der Waals surface area contributed by atoms with E-state index in [0.717, 1.165) is 6.54 Å². The van der Waals surface area contributed by atoms with Gasteiger partial charge in [-0.15, -0.1) is 0 Å². The zero-order chi connectivity index (χ0) is 19.8. The molecule has 0 aliphatic rings. The Balaban J connectivity index is 1.84. The number of hydrogen-bond donors (Lipinski definition) is 0. The maximum absolute atomic E-state index is 2.41. The molecule has 0 aliphatic heterocycles. The minimum Gasteiger partial charge on any atom is -0.309 e. The van der Waals surface area contributed by atoms with Crippen molar-refractivity contribution in [2.45, 2.75) is 90.9 Å². The summed E-state index contributed by atoms with van der Waals surface area (Å²) in [5.74, 6) is 0. The molecule has 0 N–H and O–H groups in total. The lowest BCUT2D eigenvalue weighted by molar-refractivity contribution is 0.243. The first-order valence-corrected chi connectivity index (χ1v) is 11.3. The summed E-state index contributed by atoms with van der Waals surface area (Å²) in [5.41, 5.74) is 1.88. The highest BCUT2D eigenvalue weighted by molar-refractivity contribution is 5.14. The van der Waals surface area contributed by atoms with Gasteiger partial charge in [0.25, 0.3) is 0 Å². The van der Waals surface area contributed by atoms with E-state index >= 15 is 0 Å². The number of nitrogens with zero attached hydrogens (tertiary/aromatic N) is 1. The second kappa shape index (κ2) is 14.9. The first-order chi connectivity index (χ1) is 13.0. The molecule has 0 amide bonds. The van der Waals surface area contributed by atoms with Gasteiger partial charge >= 0.3 is 0 Å². The first-order valence-electron chi connectivity index (χ1n) is 11.3. The minimum atomic E-state index is 0.390. The summed E-state index contributed by atoms with van der Waals surface area (Å²) in [7, 11) is 4.33. The van der Waals surface area contributed by atoms with Crippen LogP contribution in [0.5, 0.6) is 0 Å². The Morgan fingerprint density at radius 1 is 0.741 bits per heavy atom. The SMILES string of the molecule is CN(C)CC(C)(C)CC=CCCCCCCCCCCCc1ccccc1. The van der Waals surface area contributed by atoms with Gasteiger partial charge in [-0.2, -0.15) is 0 Å². The Bertz CT molecular complexity index is 472. The summed E-state index contributed by atoms with van der Waals surface area (Å²) >= 11 is 0. The van der Waals surface area contributed by atoms with Gasteiger partial charge in [0.15, 0.2) is 0 Å². The summed E-state index contributed by atoms with van der Waals surface area (Å²) in [5, 5.41) is 0. The topological polar surface area (TPSA) is 3.24 Å². The van der Waals surface area contributed by atoms with Crippen molar-refractivity contribution in [2.75, 3.05) is 20.6 Å². The fraction of sp³-hybridized carbons (Fsp3) is 0.692. The van der Waals surface area contributed by atoms with Crippen LogP contribution >= 0.6 is 0 Å². The molecule has 0 unspecified atom stereocenters. The Hall–Kier alpha value is -1.08. The molecule has 0 spiro atoms. The lowest BCUT2D eigenvalue weighted by atomic mass is 9.88. The number of benzene rings is 1. The van der Waals surface area contributed by atoms with Crippen molar-refractivity contribution in [1.82, 2.24) is 4.90 Å². The van der Waals surface area contributed by atoms with Crippen LogP contribution in [0, 0.1) is 5.41 Å². The Kier molecular flexibility index (Phi) is 13.2. The summed E-state index contributed by atoms with van der Waals surface area (Å²) in [6.07, 6.45) is 21.1. The van der Waals surface area contributed by atoms with Gasteiger partial charge in [0.05, 0.1) is 0 Å². The number of aryl methyl sites for hydroxylation is 1. The molecule has 27 heavy (non-hydrogen) atoms. The van der Waals surface area contributed by atoms with Crippen LogP contribution in [-0.4, -0.2) is 25.5 Å². The fourth-order valence-corrected chi connectivity index (χ4v) is 3.91. The number of unbranched alkanes of at least 4 members (excludes halogenated alkanes) is 9. The van der Waals surface area contributed by atoms with E-state index in [9.17, 15) is 0 Å². The van der Waals surface area contributed by atoms with Crippen molar-refractivity contribution >= 4 is 0 Å². The third-order valence-corrected chi connectivity index (χ3v) is 5.26. The maximum atomic E-state index is 2.41. The monoisotopic (exact) mass is 371 g/mol. The molecule has 1 rings (SSSR count). The molecule has 1 aromatic carbocycles. The van der Waals surface area contributed by atoms with Crippen molar-refractivity contribution in [3.05, 3.63) is 48.0 Å². The normalized spacial score (nSPS) is 12.3. The standard InChI is InChI=1S/C26H45N/c1-26(2,24-27(3)4)23-19-14-12-10-8-6-5-7-9-11-13-16-20-25-21-17-15-18-22-25/h14-15,17-19,21-22H,5-13,16,20,23-24H2,1-4H3. The van der Waals surface area contributed by atoms with E-state index < -0.39 is 0 Å². The molecule has 0 atom stereocenters. The van der Waals surface area contributed by atoms with Crippen molar-refractivity contribution in [3.63, 3.8) is 0 Å². The van der Waals surface area contributed by atoms with Crippen LogP contribution in [0.2, 0.25) is 0 Å². The Morgan fingerprint density at radius 2 is 1.30 bits per heavy atom. The predicted molar refractivity (Wildman–Crippen MR) is 122 cm³/mol. The largest absolute Gasteiger partial charge is 0.309 e. The third kappa shape index (κ3) is 14.6. The van der Waals surface area contributed by atoms with Gasteiger partial charge in [0, 0.05) is 6.54 Å². The van der Waals surface area contributed by atoms with Crippen molar-refractivity contribution in [1.29, 1.82) is 0 Å². The highest BCUT2D eigenvalue weighted by Gasteiger charge is 2.16. The summed E-state index contributed by atoms with van der Waals surface area (Å²) in [6, 6.07) is 10.9. The fourth-order valence-electron chi connectivity index (χ4n) is 3.91. The van der Waals surface area contributed by atoms with E-state index in [-0.39, 0.29) is 0 Å². The molecule has 1 heteroatoms. The lowest BCUT2D eigenvalue weighted by Gasteiger charge is -2.26. The van der Waals surface area contributed by atoms with Crippen LogP contribution in [0.25, 0.3) is 0 Å². The van der Waals surface area contributed by atoms with Crippen molar-refractivity contribution < 1.29 is 0 Å². The van der Waals surface area contributed by atoms with Gasteiger partial charge in [0.2, 0.25) is 0 Å². The average molecular weight is 372 g/mol. The summed E-state index contributed by atoms with van der Waals surface area (Å²) in [6.45, 7) is 5.88. The molecule has 1 nitrogen and oxygen atoms in total. The molecule has 0 radical (unpaired) electrons. The molecule has 154 valence electrons. The van der Waals surface area contributed by atoms with Gasteiger partial charge in [0.1, 0.15) is 0 Å². The average Bonchev–Trinajstić information content (AvgIpc) is 2.61. The van der Waals surface area contributed by atoms with Crippen LogP contribution in [0.15, 0.2) is 42.5 Å². The van der Waals surface area contributed by atoms with E-state index in [4.69, 9.17) is 0 Å². The maximum Gasteiger partial charge on any atom is 0.00295 e. The van der Waals surface area contributed by atoms with Crippen LogP contribution in [-0.2, 0) is 6.42 Å². The predicted octanol–water partition coefficient (Wildman–Crippen LogP) is 7.66. The molecule has 1 aromatic rings. The first kappa shape index (κ1) is 24.0. The molecule has 0 saturated carbocycles. The summed E-state index contributed by atoms with van der Waals surface area (Å²) in [4.78, 5) is 2.29. The number of allylic oxidation sites excluding steroid dienone is 2. The van der Waals surface area contributed by atoms with Gasteiger partial charge in [-0.1, -0.05) is 101 Å². The highest BCUT2D eigenvalue weighted by atomic mass is 15.1. The molecule has 0 bridgehead atoms. The van der Waals surface area contributed by atoms with Crippen LogP contribution in [0.1, 0.15) is 90.0 Å². The lowest BCUT2D eigenvalue weighted by Crippen LogP contribution is -2.27. The van der Waals surface area contributed by atoms with E-state index in [0.29, 0.717) is 5.41 Å². The highest BCUT2D eigenvalue weighted by Crippen LogP contribution is 2.21. The summed E-state index contributed by atoms with van der Waals surface area (Å²) < 4.78 is 0. The van der Waals surface area contributed by atoms with Crippen molar-refractivity contribution in [3.8, 4) is 0 Å². The third-order valence-electron chi connectivity index (χ3n) is 5.26. The molecule has 0 fully saturated rings. The zero-order valence-corrected chi connectivity index (χ0v) is 18.7. The molecule has 0 aliphatic carbocycles. The molecule has 0 aromatic heterocycles. The van der Waals surface area contributed by atoms with Crippen LogP contribution in [0.3, 0.4) is 0 Å². The smallest absolute Gasteiger partial charge is 0.00295 e. The van der Waals surface area contributed by atoms with Crippen LogP contribution < -0.4 is 0 Å². The Labute approximate surface area is 170 Å². The van der Waals surface area contributed by atoms with Gasteiger partial charge in [-0.25, -0.2) is 0 Å². The molecular weight excluding hydrogens is 326 g/mol. The second-order valence-corrected chi connectivity index (χ2v) is 9.28. The van der Waals surface area contributed by atoms with Crippen molar-refractivity contribution in [2.24, 2.45) is 5.41 Å². The van der Waals surface area contributed by atoms with Gasteiger partial charge < -0.3 is 4.90 Å². The van der Waals surface area contributed by atoms with Gasteiger partial charge in [-0.3, -0.25) is 0 Å². The van der Waals surface area contributed by atoms with E-state index in [1.165, 1.54) is 82.6 Å². The zero-order valence-electron chi connectivity index (χ0n) is 18.7. The number of hydrogen-bond acceptors (Lipinski definition) is 1. The Morgan fingerprint density at radius 3 is 1.89 bits per heavy atom. The van der Waals surface area contributed by atoms with Crippen LogP contribution in [0.4, 0.5) is 0 Å². The second-order valence-electron chi connectivity index (χ2n) is 9.28. The molecule has 0 heterocycles. The minimum absolute atomic E-state index is 0.390. The molecular formula is C26H45N. The quantitative estimate of drug-likeness (QED) is 0.213. The molecule has 0 saturated heterocycles. The van der Waals surface area contributed by atoms with E-state index in [2.05, 4.69) is 75.3 Å².